The zero-order valence-electron chi connectivity index (χ0n) is 22.3. The number of aromatic nitrogens is 2. The van der Waals surface area contributed by atoms with Crippen molar-refractivity contribution in [2.75, 3.05) is 13.3 Å². The fraction of sp³-hybridized carbons (Fsp3) is 0.379. The number of hydrogen-bond donors (Lipinski definition) is 0. The molecule has 5 rings (SSSR count). The molecule has 0 saturated carbocycles. The average Bonchev–Trinajstić information content (AvgIpc) is 3.39. The number of carbonyl (C=O) groups excluding carboxylic acids is 2. The van der Waals surface area contributed by atoms with Crippen molar-refractivity contribution in [3.8, 4) is 5.75 Å². The highest BCUT2D eigenvalue weighted by molar-refractivity contribution is 5.96. The van der Waals surface area contributed by atoms with Gasteiger partial charge in [-0.1, -0.05) is 42.5 Å². The third-order valence-electron chi connectivity index (χ3n) is 6.99. The van der Waals surface area contributed by atoms with E-state index in [9.17, 15) is 18.8 Å². The van der Waals surface area contributed by atoms with Crippen molar-refractivity contribution in [2.45, 2.75) is 57.2 Å². The summed E-state index contributed by atoms with van der Waals surface area (Å²) in [7, 11) is 0. The zero-order valence-corrected chi connectivity index (χ0v) is 22.3. The monoisotopic (exact) mass is 553 g/mol. The van der Waals surface area contributed by atoms with E-state index >= 15 is 4.39 Å². The molecule has 0 spiro atoms. The van der Waals surface area contributed by atoms with E-state index in [4.69, 9.17) is 14.2 Å². The largest absolute Gasteiger partial charge is 0.511 e. The maximum Gasteiger partial charge on any atom is 0.511 e. The zero-order chi connectivity index (χ0) is 28.6. The van der Waals surface area contributed by atoms with Gasteiger partial charge >= 0.3 is 6.16 Å². The lowest BCUT2D eigenvalue weighted by atomic mass is 9.79. The molecule has 1 fully saturated rings. The molecular formula is C29H29F2N3O6. The van der Waals surface area contributed by atoms with E-state index in [2.05, 4.69) is 5.10 Å². The lowest BCUT2D eigenvalue weighted by molar-refractivity contribution is -0.0368. The van der Waals surface area contributed by atoms with Crippen LogP contribution in [0, 0.1) is 11.6 Å². The summed E-state index contributed by atoms with van der Waals surface area (Å²) in [6, 6.07) is 11.9. The number of carbonyl (C=O) groups is 2. The molecule has 1 aromatic heterocycles. The standard InChI is InChI=1S/C29H29F2N3O6/c1-29(2,3)40-28(37)39-16-38-26-21(35)15-32-34-24(20-13-8-14-33(20)27(36)25(26)34)22(17-9-5-4-6-10-17)18-11-7-12-19(30)23(18)31/h4-7,9-12,15,20,22,24H,8,13-14,16H2,1-3H3/t20-,22-,24-/m1/s1. The minimum Gasteiger partial charge on any atom is -0.451 e. The average molecular weight is 554 g/mol. The molecule has 3 aromatic rings. The van der Waals surface area contributed by atoms with Crippen LogP contribution < -0.4 is 10.2 Å². The lowest BCUT2D eigenvalue weighted by Crippen LogP contribution is -2.51. The number of rotatable bonds is 6. The van der Waals surface area contributed by atoms with E-state index < -0.39 is 59.5 Å². The van der Waals surface area contributed by atoms with E-state index in [1.165, 1.54) is 16.8 Å². The van der Waals surface area contributed by atoms with E-state index in [0.717, 1.165) is 12.3 Å². The van der Waals surface area contributed by atoms with Gasteiger partial charge in [-0.05, 0) is 45.2 Å². The molecule has 3 heterocycles. The van der Waals surface area contributed by atoms with Crippen molar-refractivity contribution in [2.24, 2.45) is 0 Å². The van der Waals surface area contributed by atoms with E-state index in [1.807, 2.05) is 6.07 Å². The Bertz CT molecular complexity index is 1490. The van der Waals surface area contributed by atoms with Crippen LogP contribution in [0.25, 0.3) is 0 Å². The van der Waals surface area contributed by atoms with Gasteiger partial charge in [0.1, 0.15) is 5.60 Å². The molecule has 0 unspecified atom stereocenters. The van der Waals surface area contributed by atoms with Gasteiger partial charge in [0.2, 0.25) is 18.0 Å². The summed E-state index contributed by atoms with van der Waals surface area (Å²) >= 11 is 0. The minimum absolute atomic E-state index is 0.0968. The van der Waals surface area contributed by atoms with Crippen LogP contribution in [0.5, 0.6) is 5.75 Å². The van der Waals surface area contributed by atoms with Gasteiger partial charge < -0.3 is 19.1 Å². The number of hydrogen-bond acceptors (Lipinski definition) is 7. The van der Waals surface area contributed by atoms with Gasteiger partial charge in [0.15, 0.2) is 17.3 Å². The summed E-state index contributed by atoms with van der Waals surface area (Å²) in [5.74, 6) is -3.60. The molecule has 1 saturated heterocycles. The molecule has 0 aliphatic carbocycles. The van der Waals surface area contributed by atoms with Crippen molar-refractivity contribution >= 4 is 12.1 Å². The summed E-state index contributed by atoms with van der Waals surface area (Å²) in [4.78, 5) is 40.2. The Morgan fingerprint density at radius 2 is 1.85 bits per heavy atom. The molecule has 2 aromatic carbocycles. The first kappa shape index (κ1) is 27.3. The highest BCUT2D eigenvalue weighted by Crippen LogP contribution is 2.46. The van der Waals surface area contributed by atoms with Crippen LogP contribution >= 0.6 is 0 Å². The summed E-state index contributed by atoms with van der Waals surface area (Å²) in [5, 5.41) is 4.32. The van der Waals surface area contributed by atoms with Gasteiger partial charge in [-0.3, -0.25) is 14.3 Å². The number of nitrogens with zero attached hydrogens (tertiary/aromatic N) is 3. The Balaban J connectivity index is 1.62. The minimum atomic E-state index is -1.01. The van der Waals surface area contributed by atoms with Gasteiger partial charge in [0.25, 0.3) is 5.91 Å². The van der Waals surface area contributed by atoms with Crippen molar-refractivity contribution in [3.05, 3.63) is 93.4 Å². The summed E-state index contributed by atoms with van der Waals surface area (Å²) in [5.41, 5.74) is -0.878. The van der Waals surface area contributed by atoms with Crippen LogP contribution in [0.1, 0.15) is 67.2 Å². The molecule has 0 bridgehead atoms. The summed E-state index contributed by atoms with van der Waals surface area (Å²) in [6.45, 7) is 4.71. The second-order valence-electron chi connectivity index (χ2n) is 10.7. The predicted octanol–water partition coefficient (Wildman–Crippen LogP) is 4.80. The lowest BCUT2D eigenvalue weighted by Gasteiger charge is -2.42. The molecule has 11 heteroatoms. The molecule has 0 radical (unpaired) electrons. The van der Waals surface area contributed by atoms with Gasteiger partial charge in [-0.2, -0.15) is 5.10 Å². The molecule has 0 N–H and O–H groups in total. The van der Waals surface area contributed by atoms with Crippen LogP contribution in [0.2, 0.25) is 0 Å². The van der Waals surface area contributed by atoms with Crippen LogP contribution in [0.15, 0.2) is 59.5 Å². The van der Waals surface area contributed by atoms with Crippen LogP contribution in [-0.4, -0.2) is 51.7 Å². The third kappa shape index (κ3) is 5.15. The number of ether oxygens (including phenoxy) is 3. The molecule has 40 heavy (non-hydrogen) atoms. The van der Waals surface area contributed by atoms with Crippen LogP contribution in [-0.2, 0) is 9.47 Å². The fourth-order valence-electron chi connectivity index (χ4n) is 5.47. The third-order valence-corrected chi connectivity index (χ3v) is 6.99. The second kappa shape index (κ2) is 10.7. The predicted molar refractivity (Wildman–Crippen MR) is 139 cm³/mol. The number of halogens is 2. The maximum absolute atomic E-state index is 15.4. The Hall–Kier alpha value is -4.28. The van der Waals surface area contributed by atoms with E-state index in [0.29, 0.717) is 24.9 Å². The second-order valence-corrected chi connectivity index (χ2v) is 10.7. The van der Waals surface area contributed by atoms with Gasteiger partial charge in [-0.15, -0.1) is 0 Å². The molecule has 2 aliphatic heterocycles. The van der Waals surface area contributed by atoms with Crippen molar-refractivity contribution in [1.82, 2.24) is 14.7 Å². The quantitative estimate of drug-likeness (QED) is 0.319. The first-order valence-electron chi connectivity index (χ1n) is 13.0. The number of benzene rings is 2. The topological polar surface area (TPSA) is 100.0 Å². The van der Waals surface area contributed by atoms with E-state index in [1.54, 1.807) is 49.9 Å². The Morgan fingerprint density at radius 3 is 2.58 bits per heavy atom. The SMILES string of the molecule is CC(C)(C)OC(=O)OCOc1c2n(ncc1=O)[C@@H]([C@H](c1ccccc1)c1cccc(F)c1F)[C@H]1CCCN1C2=O. The normalized spacial score (nSPS) is 19.0. The van der Waals surface area contributed by atoms with Gasteiger partial charge in [0.05, 0.1) is 18.3 Å². The van der Waals surface area contributed by atoms with Gasteiger partial charge in [0, 0.05) is 18.0 Å². The highest BCUT2D eigenvalue weighted by atomic mass is 19.2. The smallest absolute Gasteiger partial charge is 0.451 e. The first-order valence-corrected chi connectivity index (χ1v) is 13.0. The molecule has 1 amide bonds. The summed E-state index contributed by atoms with van der Waals surface area (Å²) in [6.07, 6.45) is 1.27. The molecule has 9 nitrogen and oxygen atoms in total. The molecule has 3 atom stereocenters. The molecule has 2 aliphatic rings. The Kier molecular flexibility index (Phi) is 7.31. The number of amides is 1. The Labute approximate surface area is 229 Å². The van der Waals surface area contributed by atoms with Gasteiger partial charge in [-0.25, -0.2) is 13.6 Å². The van der Waals surface area contributed by atoms with Crippen molar-refractivity contribution in [3.63, 3.8) is 0 Å². The molecule has 210 valence electrons. The summed E-state index contributed by atoms with van der Waals surface area (Å²) < 4.78 is 46.8. The molecular weight excluding hydrogens is 524 g/mol. The van der Waals surface area contributed by atoms with Crippen LogP contribution in [0.4, 0.5) is 13.6 Å². The van der Waals surface area contributed by atoms with E-state index in [-0.39, 0.29) is 17.0 Å². The fourth-order valence-corrected chi connectivity index (χ4v) is 5.47. The Morgan fingerprint density at radius 1 is 1.10 bits per heavy atom. The maximum atomic E-state index is 15.4. The first-order chi connectivity index (χ1) is 19.1. The van der Waals surface area contributed by atoms with Crippen LogP contribution in [0.3, 0.4) is 0 Å². The van der Waals surface area contributed by atoms with Crippen molar-refractivity contribution < 1.29 is 32.6 Å². The van der Waals surface area contributed by atoms with Crippen molar-refractivity contribution in [1.29, 1.82) is 0 Å². The highest BCUT2D eigenvalue weighted by Gasteiger charge is 2.49. The number of fused-ring (bicyclic) bond motifs is 2.